The van der Waals surface area contributed by atoms with Crippen molar-refractivity contribution in [2.45, 2.75) is 39.3 Å². The second kappa shape index (κ2) is 9.99. The first-order valence-electron chi connectivity index (χ1n) is 9.83. The average Bonchev–Trinajstić information content (AvgIpc) is 2.70. The Morgan fingerprint density at radius 3 is 2.82 bits per heavy atom. The predicted molar refractivity (Wildman–Crippen MR) is 111 cm³/mol. The number of carbonyl (C=O) groups is 1. The maximum Gasteiger partial charge on any atom is 0.330 e. The van der Waals surface area contributed by atoms with E-state index in [1.54, 1.807) is 25.4 Å². The van der Waals surface area contributed by atoms with Gasteiger partial charge in [-0.2, -0.15) is 0 Å². The maximum atomic E-state index is 11.4. The molecule has 1 aromatic heterocycles. The van der Waals surface area contributed by atoms with Crippen molar-refractivity contribution in [3.63, 3.8) is 0 Å². The van der Waals surface area contributed by atoms with Crippen molar-refractivity contribution in [3.8, 4) is 0 Å². The number of hydrogen-bond donors (Lipinski definition) is 1. The van der Waals surface area contributed by atoms with E-state index in [4.69, 9.17) is 4.74 Å². The molecule has 1 saturated heterocycles. The zero-order chi connectivity index (χ0) is 19.8. The molecule has 6 heteroatoms. The largest absolute Gasteiger partial charge is 0.463 e. The molecule has 28 heavy (non-hydrogen) atoms. The fourth-order valence-electron chi connectivity index (χ4n) is 3.32. The molecular weight excluding hydrogens is 352 g/mol. The van der Waals surface area contributed by atoms with Gasteiger partial charge in [0, 0.05) is 25.2 Å². The number of nitrogens with one attached hydrogen (secondary N) is 1. The molecule has 2 aromatic rings. The Kier molecular flexibility index (Phi) is 7.14. The Morgan fingerprint density at radius 1 is 1.29 bits per heavy atom. The average molecular weight is 380 g/mol. The van der Waals surface area contributed by atoms with E-state index in [-0.39, 0.29) is 5.97 Å². The normalized spacial score (nSPS) is 17.6. The van der Waals surface area contributed by atoms with Gasteiger partial charge in [-0.3, -0.25) is 9.88 Å². The number of esters is 1. The summed E-state index contributed by atoms with van der Waals surface area (Å²) in [4.78, 5) is 22.6. The van der Waals surface area contributed by atoms with Gasteiger partial charge in [-0.15, -0.1) is 0 Å². The minimum absolute atomic E-state index is 0.356. The lowest BCUT2D eigenvalue weighted by atomic mass is 10.0. The number of likely N-dealkylation sites (tertiary alicyclic amines) is 1. The van der Waals surface area contributed by atoms with Gasteiger partial charge in [0.1, 0.15) is 5.82 Å². The zero-order valence-corrected chi connectivity index (χ0v) is 16.6. The Morgan fingerprint density at radius 2 is 2.11 bits per heavy atom. The molecule has 1 N–H and O–H groups in total. The molecule has 1 aliphatic heterocycles. The molecule has 0 bridgehead atoms. The van der Waals surface area contributed by atoms with Gasteiger partial charge in [0.15, 0.2) is 0 Å². The molecule has 0 saturated carbocycles. The summed E-state index contributed by atoms with van der Waals surface area (Å²) >= 11 is 0. The molecular formula is C22H28N4O2. The highest BCUT2D eigenvalue weighted by atomic mass is 16.5. The number of rotatable bonds is 7. The molecule has 6 nitrogen and oxygen atoms in total. The van der Waals surface area contributed by atoms with E-state index in [9.17, 15) is 4.79 Å². The van der Waals surface area contributed by atoms with Gasteiger partial charge < -0.3 is 10.1 Å². The van der Waals surface area contributed by atoms with Crippen LogP contribution in [0, 0.1) is 6.92 Å². The van der Waals surface area contributed by atoms with Crippen LogP contribution in [0.1, 0.15) is 36.6 Å². The number of hydrogen-bond acceptors (Lipinski definition) is 6. The van der Waals surface area contributed by atoms with Crippen LogP contribution in [0.25, 0.3) is 6.08 Å². The Hall–Kier alpha value is -2.73. The number of aromatic nitrogens is 2. The predicted octanol–water partition coefficient (Wildman–Crippen LogP) is 3.44. The third-order valence-electron chi connectivity index (χ3n) is 4.73. The van der Waals surface area contributed by atoms with Crippen LogP contribution in [-0.2, 0) is 16.1 Å². The Bertz CT molecular complexity index is 787. The zero-order valence-electron chi connectivity index (χ0n) is 16.6. The third kappa shape index (κ3) is 6.16. The Labute approximate surface area is 166 Å². The highest BCUT2D eigenvalue weighted by Crippen LogP contribution is 2.17. The van der Waals surface area contributed by atoms with Crippen molar-refractivity contribution in [1.82, 2.24) is 14.9 Å². The van der Waals surface area contributed by atoms with E-state index in [0.717, 1.165) is 38.3 Å². The molecule has 1 atom stereocenters. The number of benzene rings is 1. The molecule has 0 spiro atoms. The fraction of sp³-hybridized carbons (Fsp3) is 0.409. The first kappa shape index (κ1) is 20.0. The molecule has 1 aliphatic rings. The number of nitrogens with zero attached hydrogens (tertiary/aromatic N) is 3. The van der Waals surface area contributed by atoms with Crippen LogP contribution >= 0.6 is 0 Å². The van der Waals surface area contributed by atoms with Crippen molar-refractivity contribution >= 4 is 17.9 Å². The monoisotopic (exact) mass is 380 g/mol. The molecule has 1 fully saturated rings. The topological polar surface area (TPSA) is 67.3 Å². The smallest absolute Gasteiger partial charge is 0.330 e. The summed E-state index contributed by atoms with van der Waals surface area (Å²) in [5, 5.41) is 3.49. The van der Waals surface area contributed by atoms with Crippen molar-refractivity contribution in [1.29, 1.82) is 0 Å². The Balaban J connectivity index is 1.51. The summed E-state index contributed by atoms with van der Waals surface area (Å²) in [7, 11) is 0. The van der Waals surface area contributed by atoms with Crippen LogP contribution < -0.4 is 5.32 Å². The van der Waals surface area contributed by atoms with Gasteiger partial charge >= 0.3 is 5.97 Å². The van der Waals surface area contributed by atoms with E-state index in [0.29, 0.717) is 18.3 Å². The number of carbonyl (C=O) groups excluding carboxylic acids is 1. The first-order valence-corrected chi connectivity index (χ1v) is 9.83. The van der Waals surface area contributed by atoms with Gasteiger partial charge in [0.25, 0.3) is 0 Å². The molecule has 0 aliphatic carbocycles. The lowest BCUT2D eigenvalue weighted by Crippen LogP contribution is -2.41. The van der Waals surface area contributed by atoms with Crippen molar-refractivity contribution in [3.05, 3.63) is 59.6 Å². The number of anilines is 1. The van der Waals surface area contributed by atoms with Crippen molar-refractivity contribution in [2.75, 3.05) is 25.0 Å². The highest BCUT2D eigenvalue weighted by Gasteiger charge is 2.20. The molecule has 2 heterocycles. The van der Waals surface area contributed by atoms with Gasteiger partial charge in [0.2, 0.25) is 0 Å². The number of ether oxygens (including phenoxy) is 1. The minimum Gasteiger partial charge on any atom is -0.463 e. The second-order valence-electron chi connectivity index (χ2n) is 7.12. The quantitative estimate of drug-likeness (QED) is 0.586. The molecule has 0 amide bonds. The van der Waals surface area contributed by atoms with Crippen LogP contribution in [-0.4, -0.2) is 46.6 Å². The van der Waals surface area contributed by atoms with E-state index >= 15 is 0 Å². The first-order chi connectivity index (χ1) is 13.6. The molecule has 0 unspecified atom stereocenters. The maximum absolute atomic E-state index is 11.4. The van der Waals surface area contributed by atoms with Crippen LogP contribution in [0.5, 0.6) is 0 Å². The summed E-state index contributed by atoms with van der Waals surface area (Å²) in [6.45, 7) is 7.33. The standard InChI is InChI=1S/C22H28N4O2/c1-3-28-22(27)11-10-19-13-24-21(14-23-19)25-20-5-4-12-26(16-20)15-18-8-6-17(2)7-9-18/h6-11,13-14,20H,3-5,12,15-16H2,1-2H3,(H,24,25)/t20-/m1/s1. The molecule has 0 radical (unpaired) electrons. The summed E-state index contributed by atoms with van der Waals surface area (Å²) in [5.74, 6) is 0.387. The van der Waals surface area contributed by atoms with Crippen molar-refractivity contribution < 1.29 is 9.53 Å². The van der Waals surface area contributed by atoms with Crippen LogP contribution in [0.4, 0.5) is 5.82 Å². The van der Waals surface area contributed by atoms with Crippen molar-refractivity contribution in [2.24, 2.45) is 0 Å². The number of piperidine rings is 1. The van der Waals surface area contributed by atoms with Gasteiger partial charge in [-0.1, -0.05) is 29.8 Å². The van der Waals surface area contributed by atoms with Crippen LogP contribution in [0.2, 0.25) is 0 Å². The van der Waals surface area contributed by atoms with Gasteiger partial charge in [-0.25, -0.2) is 9.78 Å². The SMILES string of the molecule is CCOC(=O)C=Cc1cnc(N[C@@H]2CCCN(Cc3ccc(C)cc3)C2)cn1. The lowest BCUT2D eigenvalue weighted by molar-refractivity contribution is -0.137. The fourth-order valence-corrected chi connectivity index (χ4v) is 3.32. The van der Waals surface area contributed by atoms with E-state index in [1.165, 1.54) is 17.2 Å². The van der Waals surface area contributed by atoms with E-state index < -0.39 is 0 Å². The summed E-state index contributed by atoms with van der Waals surface area (Å²) < 4.78 is 4.86. The van der Waals surface area contributed by atoms with E-state index in [1.807, 2.05) is 0 Å². The summed E-state index contributed by atoms with van der Waals surface area (Å²) in [6, 6.07) is 9.11. The molecule has 1 aromatic carbocycles. The van der Waals surface area contributed by atoms with Crippen LogP contribution in [0.15, 0.2) is 42.7 Å². The second-order valence-corrected chi connectivity index (χ2v) is 7.12. The minimum atomic E-state index is -0.373. The number of aryl methyl sites for hydroxylation is 1. The van der Waals surface area contributed by atoms with E-state index in [2.05, 4.69) is 51.4 Å². The highest BCUT2D eigenvalue weighted by molar-refractivity contribution is 5.86. The summed E-state index contributed by atoms with van der Waals surface area (Å²) in [6.07, 6.45) is 8.63. The molecule has 3 rings (SSSR count). The third-order valence-corrected chi connectivity index (χ3v) is 4.73. The lowest BCUT2D eigenvalue weighted by Gasteiger charge is -2.33. The van der Waals surface area contributed by atoms with Gasteiger partial charge in [-0.05, 0) is 44.9 Å². The molecule has 148 valence electrons. The van der Waals surface area contributed by atoms with Gasteiger partial charge in [0.05, 0.1) is 24.7 Å². The van der Waals surface area contributed by atoms with Crippen LogP contribution in [0.3, 0.4) is 0 Å². The summed E-state index contributed by atoms with van der Waals surface area (Å²) in [5.41, 5.74) is 3.27.